The minimum Gasteiger partial charge on any atom is -0.478 e. The van der Waals surface area contributed by atoms with Gasteiger partial charge in [-0.15, -0.1) is 0 Å². The minimum absolute atomic E-state index is 0.130. The highest BCUT2D eigenvalue weighted by Gasteiger charge is 2.20. The van der Waals surface area contributed by atoms with Gasteiger partial charge in [-0.3, -0.25) is 0 Å². The van der Waals surface area contributed by atoms with Crippen LogP contribution < -0.4 is 0 Å². The standard InChI is InChI=1S/C15H20O2.C13H16O2.C8H8O2.C7H14O/c1-12-7-6-8-13(11-12)15(16)17-14-9-4-2-3-5-10-14;1-10-5-4-6-11(9-10)13(14)15-12-7-2-3-8-12;1-6-3-2-4-7(5-6)8(9)10;8-6-7-4-2-1-3-5-7/h6-8,11,14H,2-5,9-10H2,1H3;4-6,9,12H,2-3,7-8H2,1H3;2-5H,1H3,(H,9,10);7-8H,1-6H2. The summed E-state index contributed by atoms with van der Waals surface area (Å²) in [5.41, 5.74) is 4.85. The molecule has 0 unspecified atom stereocenters. The van der Waals surface area contributed by atoms with Crippen molar-refractivity contribution in [2.75, 3.05) is 6.61 Å². The first-order valence-corrected chi connectivity index (χ1v) is 18.6. The third kappa shape index (κ3) is 15.7. The molecule has 0 saturated heterocycles. The van der Waals surface area contributed by atoms with E-state index in [0.717, 1.165) is 42.4 Å². The summed E-state index contributed by atoms with van der Waals surface area (Å²) in [5, 5.41) is 17.2. The van der Waals surface area contributed by atoms with Crippen molar-refractivity contribution in [2.24, 2.45) is 5.92 Å². The maximum Gasteiger partial charge on any atom is 0.338 e. The van der Waals surface area contributed by atoms with Gasteiger partial charge in [0.2, 0.25) is 0 Å². The fourth-order valence-electron chi connectivity index (χ4n) is 6.50. The number of carboxylic acids is 1. The van der Waals surface area contributed by atoms with Crippen molar-refractivity contribution < 1.29 is 34.1 Å². The zero-order valence-electron chi connectivity index (χ0n) is 30.4. The second-order valence-corrected chi connectivity index (χ2v) is 13.9. The lowest BCUT2D eigenvalue weighted by atomic mass is 9.90. The topological polar surface area (TPSA) is 110 Å². The average molecular weight is 687 g/mol. The highest BCUT2D eigenvalue weighted by Crippen LogP contribution is 2.24. The molecule has 3 aliphatic carbocycles. The second-order valence-electron chi connectivity index (χ2n) is 13.9. The Morgan fingerprint density at radius 2 is 0.880 bits per heavy atom. The fraction of sp³-hybridized carbons (Fsp3) is 0.512. The highest BCUT2D eigenvalue weighted by atomic mass is 16.5. The number of esters is 2. The minimum atomic E-state index is -0.872. The Labute approximate surface area is 299 Å². The zero-order chi connectivity index (χ0) is 36.1. The number of hydrogen-bond donors (Lipinski definition) is 2. The first-order valence-electron chi connectivity index (χ1n) is 18.6. The number of ether oxygens (including phenoxy) is 2. The van der Waals surface area contributed by atoms with Crippen LogP contribution in [0.3, 0.4) is 0 Å². The maximum atomic E-state index is 12.0. The number of aliphatic hydroxyl groups excluding tert-OH is 1. The predicted octanol–water partition coefficient (Wildman–Crippen LogP) is 10.2. The van der Waals surface area contributed by atoms with E-state index in [-0.39, 0.29) is 24.1 Å². The van der Waals surface area contributed by atoms with Crippen molar-refractivity contribution in [3.8, 4) is 0 Å². The molecule has 2 N–H and O–H groups in total. The van der Waals surface area contributed by atoms with Crippen molar-refractivity contribution in [3.63, 3.8) is 0 Å². The van der Waals surface area contributed by atoms with Crippen LogP contribution in [0.4, 0.5) is 0 Å². The average Bonchev–Trinajstić information content (AvgIpc) is 3.50. The Bertz CT molecular complexity index is 1440. The SMILES string of the molecule is Cc1cccc(C(=O)O)c1.Cc1cccc(C(=O)OC2CCCC2)c1.Cc1cccc(C(=O)OC2CCCCCC2)c1.OCC1CCCCC1. The van der Waals surface area contributed by atoms with E-state index < -0.39 is 5.97 Å². The van der Waals surface area contributed by atoms with Crippen LogP contribution in [0.1, 0.15) is 144 Å². The lowest BCUT2D eigenvalue weighted by Gasteiger charge is -2.18. The number of aryl methyl sites for hydroxylation is 3. The number of aromatic carboxylic acids is 1. The van der Waals surface area contributed by atoms with Crippen LogP contribution in [0.2, 0.25) is 0 Å². The molecule has 0 amide bonds. The number of carboxylic acid groups (broad SMARTS) is 1. The molecule has 0 spiro atoms. The van der Waals surface area contributed by atoms with Crippen LogP contribution in [0.5, 0.6) is 0 Å². The summed E-state index contributed by atoms with van der Waals surface area (Å²) in [5.74, 6) is -0.571. The van der Waals surface area contributed by atoms with Crippen molar-refractivity contribution in [2.45, 2.75) is 129 Å². The molecule has 7 heteroatoms. The molecule has 0 aromatic heterocycles. The maximum absolute atomic E-state index is 12.0. The Morgan fingerprint density at radius 3 is 1.22 bits per heavy atom. The van der Waals surface area contributed by atoms with Gasteiger partial charge in [-0.25, -0.2) is 14.4 Å². The van der Waals surface area contributed by atoms with Crippen LogP contribution in [0, 0.1) is 26.7 Å². The van der Waals surface area contributed by atoms with E-state index in [9.17, 15) is 14.4 Å². The lowest BCUT2D eigenvalue weighted by Crippen LogP contribution is -2.17. The van der Waals surface area contributed by atoms with Crippen molar-refractivity contribution in [3.05, 3.63) is 106 Å². The van der Waals surface area contributed by atoms with Gasteiger partial charge in [0.05, 0.1) is 16.7 Å². The van der Waals surface area contributed by atoms with E-state index in [1.807, 2.05) is 75.4 Å². The molecule has 0 aliphatic heterocycles. The van der Waals surface area contributed by atoms with Crippen LogP contribution >= 0.6 is 0 Å². The molecule has 3 fully saturated rings. The third-order valence-electron chi connectivity index (χ3n) is 9.41. The summed E-state index contributed by atoms with van der Waals surface area (Å²) in [7, 11) is 0. The van der Waals surface area contributed by atoms with Crippen molar-refractivity contribution >= 4 is 17.9 Å². The molecule has 3 saturated carbocycles. The van der Waals surface area contributed by atoms with Gasteiger partial charge in [-0.05, 0) is 127 Å². The van der Waals surface area contributed by atoms with Gasteiger partial charge < -0.3 is 19.7 Å². The predicted molar refractivity (Wildman–Crippen MR) is 199 cm³/mol. The van der Waals surface area contributed by atoms with Crippen LogP contribution in [-0.2, 0) is 9.47 Å². The van der Waals surface area contributed by atoms with Gasteiger partial charge in [0.1, 0.15) is 12.2 Å². The first-order chi connectivity index (χ1) is 24.1. The highest BCUT2D eigenvalue weighted by molar-refractivity contribution is 5.90. The molecule has 0 atom stereocenters. The van der Waals surface area contributed by atoms with E-state index in [1.54, 1.807) is 18.2 Å². The normalized spacial score (nSPS) is 16.6. The van der Waals surface area contributed by atoms with Gasteiger partial charge in [0, 0.05) is 6.61 Å². The van der Waals surface area contributed by atoms with E-state index in [2.05, 4.69) is 0 Å². The number of benzene rings is 3. The van der Waals surface area contributed by atoms with Crippen LogP contribution in [-0.4, -0.2) is 46.9 Å². The third-order valence-corrected chi connectivity index (χ3v) is 9.41. The smallest absolute Gasteiger partial charge is 0.338 e. The molecule has 272 valence electrons. The molecule has 6 rings (SSSR count). The summed E-state index contributed by atoms with van der Waals surface area (Å²) >= 11 is 0. The van der Waals surface area contributed by atoms with E-state index in [1.165, 1.54) is 70.6 Å². The molecule has 0 radical (unpaired) electrons. The van der Waals surface area contributed by atoms with Crippen LogP contribution in [0.15, 0.2) is 72.8 Å². The first kappa shape index (κ1) is 40.5. The molecular formula is C43H58O7. The monoisotopic (exact) mass is 686 g/mol. The Hall–Kier alpha value is -3.97. The van der Waals surface area contributed by atoms with Gasteiger partial charge in [-0.2, -0.15) is 0 Å². The van der Waals surface area contributed by atoms with Gasteiger partial charge in [-0.1, -0.05) is 85.2 Å². The molecule has 7 nitrogen and oxygen atoms in total. The van der Waals surface area contributed by atoms with E-state index in [0.29, 0.717) is 29.2 Å². The van der Waals surface area contributed by atoms with Gasteiger partial charge in [0.15, 0.2) is 0 Å². The number of hydrogen-bond acceptors (Lipinski definition) is 6. The number of rotatable bonds is 6. The Balaban J connectivity index is 0.000000188. The number of carbonyl (C=O) groups excluding carboxylic acids is 2. The molecule has 50 heavy (non-hydrogen) atoms. The molecule has 0 bridgehead atoms. The Kier molecular flexibility index (Phi) is 18.4. The zero-order valence-corrected chi connectivity index (χ0v) is 30.4. The number of carbonyl (C=O) groups is 3. The molecule has 3 aromatic rings. The second kappa shape index (κ2) is 22.7. The van der Waals surface area contributed by atoms with Crippen molar-refractivity contribution in [1.82, 2.24) is 0 Å². The summed E-state index contributed by atoms with van der Waals surface area (Å²) < 4.78 is 11.0. The van der Waals surface area contributed by atoms with Gasteiger partial charge >= 0.3 is 17.9 Å². The lowest BCUT2D eigenvalue weighted by molar-refractivity contribution is 0.0265. The van der Waals surface area contributed by atoms with E-state index >= 15 is 0 Å². The summed E-state index contributed by atoms with van der Waals surface area (Å²) in [4.78, 5) is 34.0. The molecule has 0 heterocycles. The number of aliphatic hydroxyl groups is 1. The van der Waals surface area contributed by atoms with Gasteiger partial charge in [0.25, 0.3) is 0 Å². The largest absolute Gasteiger partial charge is 0.478 e. The van der Waals surface area contributed by atoms with Crippen molar-refractivity contribution in [1.29, 1.82) is 0 Å². The molecule has 3 aliphatic rings. The van der Waals surface area contributed by atoms with E-state index in [4.69, 9.17) is 19.7 Å². The summed E-state index contributed by atoms with van der Waals surface area (Å²) in [6.45, 7) is 6.25. The molecule has 3 aromatic carbocycles. The fourth-order valence-corrected chi connectivity index (χ4v) is 6.50. The summed E-state index contributed by atoms with van der Waals surface area (Å²) in [6, 6.07) is 22.0. The molecular weight excluding hydrogens is 628 g/mol. The Morgan fingerprint density at radius 1 is 0.540 bits per heavy atom. The van der Waals surface area contributed by atoms with Crippen LogP contribution in [0.25, 0.3) is 0 Å². The quantitative estimate of drug-likeness (QED) is 0.196. The summed E-state index contributed by atoms with van der Waals surface area (Å²) in [6.07, 6.45) is 18.3.